The summed E-state index contributed by atoms with van der Waals surface area (Å²) in [5.74, 6) is 0.962. The highest BCUT2D eigenvalue weighted by Crippen LogP contribution is 2.27. The summed E-state index contributed by atoms with van der Waals surface area (Å²) in [6.45, 7) is 7.88. The summed E-state index contributed by atoms with van der Waals surface area (Å²) in [7, 11) is 0. The molecule has 0 atom stereocenters. The predicted octanol–water partition coefficient (Wildman–Crippen LogP) is 7.53. The number of unbranched alkanes of at least 4 members (excludes halogenated alkanes) is 8. The highest BCUT2D eigenvalue weighted by atomic mass is 16.5. The van der Waals surface area contributed by atoms with Crippen LogP contribution in [0.4, 0.5) is 0 Å². The van der Waals surface area contributed by atoms with E-state index >= 15 is 0 Å². The Morgan fingerprint density at radius 2 is 1.07 bits per heavy atom. The average molecular weight is 397 g/mol. The van der Waals surface area contributed by atoms with Crippen LogP contribution >= 0.6 is 0 Å². The lowest BCUT2D eigenvalue weighted by molar-refractivity contribution is 0.282. The third kappa shape index (κ3) is 9.04. The van der Waals surface area contributed by atoms with Crippen LogP contribution in [0.1, 0.15) is 84.1 Å². The van der Waals surface area contributed by atoms with Crippen LogP contribution in [0.15, 0.2) is 48.5 Å². The zero-order valence-electron chi connectivity index (χ0n) is 18.8. The number of rotatable bonds is 13. The van der Waals surface area contributed by atoms with Crippen molar-refractivity contribution in [3.63, 3.8) is 0 Å². The first-order valence-electron chi connectivity index (χ1n) is 11.5. The van der Waals surface area contributed by atoms with Crippen LogP contribution in [-0.2, 0) is 5.41 Å². The molecule has 2 aromatic carbocycles. The summed E-state index contributed by atoms with van der Waals surface area (Å²) in [6, 6.07) is 17.4. The van der Waals surface area contributed by atoms with Gasteiger partial charge >= 0.3 is 0 Å². The number of aliphatic hydroxyl groups excluding tert-OH is 1. The van der Waals surface area contributed by atoms with Crippen molar-refractivity contribution in [3.8, 4) is 16.9 Å². The lowest BCUT2D eigenvalue weighted by Crippen LogP contribution is -2.10. The number of aliphatic hydroxyl groups is 1. The normalized spacial score (nSPS) is 11.6. The van der Waals surface area contributed by atoms with Crippen molar-refractivity contribution >= 4 is 0 Å². The third-order valence-corrected chi connectivity index (χ3v) is 5.51. The highest BCUT2D eigenvalue weighted by molar-refractivity contribution is 5.64. The summed E-state index contributed by atoms with van der Waals surface area (Å²) in [4.78, 5) is 0. The van der Waals surface area contributed by atoms with Gasteiger partial charge in [0.1, 0.15) is 5.75 Å². The van der Waals surface area contributed by atoms with E-state index in [1.807, 2.05) is 0 Å². The minimum atomic E-state index is 0.191. The SMILES string of the molecule is CC(C)(C)c1ccc(-c2ccc(OCCCCCCCCCCCO)cc2)cc1. The summed E-state index contributed by atoms with van der Waals surface area (Å²) in [6.07, 6.45) is 11.0. The van der Waals surface area contributed by atoms with Crippen molar-refractivity contribution in [2.24, 2.45) is 0 Å². The monoisotopic (exact) mass is 396 g/mol. The van der Waals surface area contributed by atoms with Crippen LogP contribution in [0.5, 0.6) is 5.75 Å². The van der Waals surface area contributed by atoms with E-state index in [1.54, 1.807) is 0 Å². The molecule has 0 bridgehead atoms. The summed E-state index contributed by atoms with van der Waals surface area (Å²) in [5.41, 5.74) is 4.04. The molecule has 160 valence electrons. The zero-order valence-corrected chi connectivity index (χ0v) is 18.8. The molecule has 0 amide bonds. The molecule has 0 heterocycles. The molecule has 0 radical (unpaired) electrons. The van der Waals surface area contributed by atoms with Gasteiger partial charge in [-0.25, -0.2) is 0 Å². The molecule has 0 saturated heterocycles. The second-order valence-corrected chi connectivity index (χ2v) is 9.11. The van der Waals surface area contributed by atoms with Crippen LogP contribution in [0.25, 0.3) is 11.1 Å². The highest BCUT2D eigenvalue weighted by Gasteiger charge is 2.13. The standard InChI is InChI=1S/C27H40O2/c1-27(2,3)25-17-13-23(14-18-25)24-15-19-26(20-16-24)29-22-12-10-8-6-4-5-7-9-11-21-28/h13-20,28H,4-12,21-22H2,1-3H3. The van der Waals surface area contributed by atoms with Gasteiger partial charge in [-0.15, -0.1) is 0 Å². The molecule has 0 fully saturated rings. The molecule has 29 heavy (non-hydrogen) atoms. The van der Waals surface area contributed by atoms with E-state index in [-0.39, 0.29) is 5.41 Å². The van der Waals surface area contributed by atoms with E-state index in [9.17, 15) is 0 Å². The topological polar surface area (TPSA) is 29.5 Å². The van der Waals surface area contributed by atoms with Crippen molar-refractivity contribution in [1.29, 1.82) is 0 Å². The van der Waals surface area contributed by atoms with E-state index in [1.165, 1.54) is 61.6 Å². The van der Waals surface area contributed by atoms with Crippen LogP contribution in [0, 0.1) is 0 Å². The molecule has 2 rings (SSSR count). The first kappa shape index (κ1) is 23.5. The Labute approximate surface area is 178 Å². The first-order valence-corrected chi connectivity index (χ1v) is 11.5. The Kier molecular flexibility index (Phi) is 10.3. The summed E-state index contributed by atoms with van der Waals surface area (Å²) < 4.78 is 5.91. The van der Waals surface area contributed by atoms with Gasteiger partial charge in [0.2, 0.25) is 0 Å². The Morgan fingerprint density at radius 1 is 0.621 bits per heavy atom. The molecule has 0 spiro atoms. The fourth-order valence-corrected chi connectivity index (χ4v) is 3.55. The third-order valence-electron chi connectivity index (χ3n) is 5.51. The van der Waals surface area contributed by atoms with Crippen molar-refractivity contribution in [1.82, 2.24) is 0 Å². The minimum absolute atomic E-state index is 0.191. The van der Waals surface area contributed by atoms with Crippen LogP contribution in [0.2, 0.25) is 0 Å². The van der Waals surface area contributed by atoms with Gasteiger partial charge in [0.05, 0.1) is 6.61 Å². The van der Waals surface area contributed by atoms with Gasteiger partial charge in [0.15, 0.2) is 0 Å². The molecule has 0 aliphatic rings. The smallest absolute Gasteiger partial charge is 0.119 e. The molecule has 0 aromatic heterocycles. The quantitative estimate of drug-likeness (QED) is 0.354. The fraction of sp³-hybridized carbons (Fsp3) is 0.556. The second-order valence-electron chi connectivity index (χ2n) is 9.11. The van der Waals surface area contributed by atoms with E-state index in [0.29, 0.717) is 6.61 Å². The van der Waals surface area contributed by atoms with E-state index in [4.69, 9.17) is 9.84 Å². The molecular weight excluding hydrogens is 356 g/mol. The van der Waals surface area contributed by atoms with E-state index in [2.05, 4.69) is 69.3 Å². The summed E-state index contributed by atoms with van der Waals surface area (Å²) in [5, 5.41) is 8.76. The second kappa shape index (κ2) is 12.7. The van der Waals surface area contributed by atoms with Crippen molar-refractivity contribution < 1.29 is 9.84 Å². The average Bonchev–Trinajstić information content (AvgIpc) is 2.72. The van der Waals surface area contributed by atoms with Crippen molar-refractivity contribution in [2.45, 2.75) is 84.0 Å². The van der Waals surface area contributed by atoms with Crippen LogP contribution < -0.4 is 4.74 Å². The molecule has 1 N–H and O–H groups in total. The molecular formula is C27H40O2. The molecule has 2 heteroatoms. The molecule has 0 aliphatic heterocycles. The molecule has 0 saturated carbocycles. The van der Waals surface area contributed by atoms with Gasteiger partial charge in [-0.1, -0.05) is 102 Å². The Morgan fingerprint density at radius 3 is 1.55 bits per heavy atom. The number of hydrogen-bond acceptors (Lipinski definition) is 2. The molecule has 2 nitrogen and oxygen atoms in total. The predicted molar refractivity (Wildman–Crippen MR) is 125 cm³/mol. The van der Waals surface area contributed by atoms with Gasteiger partial charge in [-0.2, -0.15) is 0 Å². The van der Waals surface area contributed by atoms with Crippen LogP contribution in [-0.4, -0.2) is 18.3 Å². The molecule has 0 unspecified atom stereocenters. The Bertz CT molecular complexity index is 665. The largest absolute Gasteiger partial charge is 0.494 e. The Hall–Kier alpha value is -1.80. The maximum Gasteiger partial charge on any atom is 0.119 e. The van der Waals surface area contributed by atoms with Gasteiger partial charge in [0.25, 0.3) is 0 Å². The maximum absolute atomic E-state index is 8.76. The molecule has 2 aromatic rings. The summed E-state index contributed by atoms with van der Waals surface area (Å²) >= 11 is 0. The lowest BCUT2D eigenvalue weighted by atomic mass is 9.86. The maximum atomic E-state index is 8.76. The fourth-order valence-electron chi connectivity index (χ4n) is 3.55. The van der Waals surface area contributed by atoms with Crippen molar-refractivity contribution in [2.75, 3.05) is 13.2 Å². The van der Waals surface area contributed by atoms with Crippen LogP contribution in [0.3, 0.4) is 0 Å². The zero-order chi connectivity index (χ0) is 21.0. The van der Waals surface area contributed by atoms with E-state index < -0.39 is 0 Å². The van der Waals surface area contributed by atoms with Gasteiger partial charge in [-0.05, 0) is 47.1 Å². The van der Waals surface area contributed by atoms with Gasteiger partial charge in [0, 0.05) is 6.61 Å². The number of hydrogen-bond donors (Lipinski definition) is 1. The van der Waals surface area contributed by atoms with E-state index in [0.717, 1.165) is 25.2 Å². The number of benzene rings is 2. The van der Waals surface area contributed by atoms with Crippen molar-refractivity contribution in [3.05, 3.63) is 54.1 Å². The number of ether oxygens (including phenoxy) is 1. The first-order chi connectivity index (χ1) is 14.0. The van der Waals surface area contributed by atoms with Gasteiger partial charge in [-0.3, -0.25) is 0 Å². The lowest BCUT2D eigenvalue weighted by Gasteiger charge is -2.19. The van der Waals surface area contributed by atoms with Gasteiger partial charge < -0.3 is 9.84 Å². The minimum Gasteiger partial charge on any atom is -0.494 e. The Balaban J connectivity index is 1.62. The molecule has 0 aliphatic carbocycles.